The van der Waals surface area contributed by atoms with Gasteiger partial charge in [0.15, 0.2) is 0 Å². The second kappa shape index (κ2) is 8.08. The van der Waals surface area contributed by atoms with Crippen molar-refractivity contribution in [2.45, 2.75) is 38.3 Å². The Hall–Kier alpha value is -1.18. The van der Waals surface area contributed by atoms with Crippen molar-refractivity contribution in [1.29, 1.82) is 0 Å². The Balaban J connectivity index is 1.84. The van der Waals surface area contributed by atoms with Gasteiger partial charge in [0.1, 0.15) is 0 Å². The van der Waals surface area contributed by atoms with E-state index in [-0.39, 0.29) is 17.9 Å². The third kappa shape index (κ3) is 4.43. The van der Waals surface area contributed by atoms with Crippen LogP contribution in [0.25, 0.3) is 0 Å². The summed E-state index contributed by atoms with van der Waals surface area (Å²) in [5, 5.41) is 5.73. The average molecular weight is 326 g/mol. The maximum atomic E-state index is 12.5. The van der Waals surface area contributed by atoms with E-state index in [0.29, 0.717) is 6.54 Å². The molecule has 23 heavy (non-hydrogen) atoms. The number of rotatable bonds is 6. The average Bonchev–Trinajstić information content (AvgIpc) is 3.05. The lowest BCUT2D eigenvalue weighted by molar-refractivity contribution is -0.136. The van der Waals surface area contributed by atoms with Crippen LogP contribution >= 0.6 is 0 Å². The van der Waals surface area contributed by atoms with E-state index in [4.69, 9.17) is 4.74 Å². The standard InChI is InChI=1S/C16H30N4O3/c1-16(2,15(22)17-3)20-7-4-5-13(20)14(21)18-6-8-19-9-11-23-12-10-19/h13H,4-12H2,1-3H3,(H,17,22)(H,18,21)/t13-/m0/s1. The summed E-state index contributed by atoms with van der Waals surface area (Å²) in [6.45, 7) is 9.42. The topological polar surface area (TPSA) is 73.9 Å². The Kier molecular flexibility index (Phi) is 6.38. The Morgan fingerprint density at radius 1 is 1.22 bits per heavy atom. The van der Waals surface area contributed by atoms with Gasteiger partial charge in [-0.3, -0.25) is 19.4 Å². The van der Waals surface area contributed by atoms with Crippen LogP contribution in [0.2, 0.25) is 0 Å². The molecule has 0 bridgehead atoms. The number of morpholine rings is 1. The first kappa shape index (κ1) is 18.2. The molecular weight excluding hydrogens is 296 g/mol. The van der Waals surface area contributed by atoms with E-state index in [1.54, 1.807) is 7.05 Å². The molecule has 7 nitrogen and oxygen atoms in total. The minimum atomic E-state index is -0.669. The van der Waals surface area contributed by atoms with Gasteiger partial charge in [0.05, 0.1) is 24.8 Å². The van der Waals surface area contributed by atoms with Gasteiger partial charge in [-0.2, -0.15) is 0 Å². The van der Waals surface area contributed by atoms with Gasteiger partial charge in [0.2, 0.25) is 11.8 Å². The molecule has 1 atom stereocenters. The van der Waals surface area contributed by atoms with Crippen molar-refractivity contribution in [1.82, 2.24) is 20.4 Å². The molecule has 2 aliphatic rings. The number of hydrogen-bond donors (Lipinski definition) is 2. The summed E-state index contributed by atoms with van der Waals surface area (Å²) in [7, 11) is 1.64. The van der Waals surface area contributed by atoms with Crippen LogP contribution in [0.5, 0.6) is 0 Å². The highest BCUT2D eigenvalue weighted by Gasteiger charge is 2.43. The number of nitrogens with zero attached hydrogens (tertiary/aromatic N) is 2. The van der Waals surface area contributed by atoms with Gasteiger partial charge in [-0.05, 0) is 26.7 Å². The fourth-order valence-corrected chi connectivity index (χ4v) is 3.42. The molecule has 0 unspecified atom stereocenters. The third-order valence-corrected chi connectivity index (χ3v) is 4.89. The van der Waals surface area contributed by atoms with Crippen molar-refractivity contribution >= 4 is 11.8 Å². The molecule has 0 aromatic rings. The van der Waals surface area contributed by atoms with Crippen molar-refractivity contribution in [2.24, 2.45) is 0 Å². The summed E-state index contributed by atoms with van der Waals surface area (Å²) in [6, 6.07) is -0.216. The largest absolute Gasteiger partial charge is 0.379 e. The van der Waals surface area contributed by atoms with Crippen molar-refractivity contribution in [3.05, 3.63) is 0 Å². The number of likely N-dealkylation sites (N-methyl/N-ethyl adjacent to an activating group) is 1. The number of amides is 2. The summed E-state index contributed by atoms with van der Waals surface area (Å²) < 4.78 is 5.32. The van der Waals surface area contributed by atoms with Crippen molar-refractivity contribution in [3.8, 4) is 0 Å². The number of likely N-dealkylation sites (tertiary alicyclic amines) is 1. The Morgan fingerprint density at radius 3 is 2.57 bits per heavy atom. The molecule has 0 saturated carbocycles. The van der Waals surface area contributed by atoms with Crippen LogP contribution in [0.15, 0.2) is 0 Å². The fraction of sp³-hybridized carbons (Fsp3) is 0.875. The van der Waals surface area contributed by atoms with Crippen molar-refractivity contribution in [2.75, 3.05) is 53.0 Å². The molecule has 2 aliphatic heterocycles. The zero-order valence-electron chi connectivity index (χ0n) is 14.6. The van der Waals surface area contributed by atoms with E-state index in [9.17, 15) is 9.59 Å². The Labute approximate surface area is 138 Å². The number of nitrogens with one attached hydrogen (secondary N) is 2. The number of ether oxygens (including phenoxy) is 1. The number of carbonyl (C=O) groups excluding carboxylic acids is 2. The number of hydrogen-bond acceptors (Lipinski definition) is 5. The lowest BCUT2D eigenvalue weighted by atomic mass is 10.00. The van der Waals surface area contributed by atoms with E-state index < -0.39 is 5.54 Å². The zero-order valence-corrected chi connectivity index (χ0v) is 14.6. The van der Waals surface area contributed by atoms with Gasteiger partial charge in [0.25, 0.3) is 0 Å². The predicted octanol–water partition coefficient (Wildman–Crippen LogP) is -0.576. The Bertz CT molecular complexity index is 422. The SMILES string of the molecule is CNC(=O)C(C)(C)N1CCC[C@H]1C(=O)NCCN1CCOCC1. The van der Waals surface area contributed by atoms with Crippen LogP contribution in [-0.2, 0) is 14.3 Å². The van der Waals surface area contributed by atoms with E-state index >= 15 is 0 Å². The van der Waals surface area contributed by atoms with E-state index in [1.807, 2.05) is 18.7 Å². The highest BCUT2D eigenvalue weighted by atomic mass is 16.5. The minimum Gasteiger partial charge on any atom is -0.379 e. The van der Waals surface area contributed by atoms with Gasteiger partial charge in [-0.25, -0.2) is 0 Å². The maximum absolute atomic E-state index is 12.5. The van der Waals surface area contributed by atoms with Crippen LogP contribution in [0.4, 0.5) is 0 Å². The molecule has 0 aromatic heterocycles. The van der Waals surface area contributed by atoms with E-state index in [0.717, 1.165) is 52.2 Å². The molecule has 0 spiro atoms. The van der Waals surface area contributed by atoms with E-state index in [1.165, 1.54) is 0 Å². The predicted molar refractivity (Wildman–Crippen MR) is 88.1 cm³/mol. The van der Waals surface area contributed by atoms with Gasteiger partial charge < -0.3 is 15.4 Å². The molecule has 132 valence electrons. The first-order valence-corrected chi connectivity index (χ1v) is 8.53. The molecule has 2 saturated heterocycles. The fourth-order valence-electron chi connectivity index (χ4n) is 3.42. The van der Waals surface area contributed by atoms with Crippen molar-refractivity contribution in [3.63, 3.8) is 0 Å². The minimum absolute atomic E-state index is 0.0349. The first-order valence-electron chi connectivity index (χ1n) is 8.53. The van der Waals surface area contributed by atoms with Gasteiger partial charge in [-0.1, -0.05) is 0 Å². The monoisotopic (exact) mass is 326 g/mol. The molecule has 7 heteroatoms. The third-order valence-electron chi connectivity index (χ3n) is 4.89. The van der Waals surface area contributed by atoms with Gasteiger partial charge in [-0.15, -0.1) is 0 Å². The maximum Gasteiger partial charge on any atom is 0.239 e. The van der Waals surface area contributed by atoms with Crippen LogP contribution < -0.4 is 10.6 Å². The smallest absolute Gasteiger partial charge is 0.239 e. The lowest BCUT2D eigenvalue weighted by Crippen LogP contribution is -2.59. The second-order valence-corrected chi connectivity index (χ2v) is 6.73. The molecule has 2 amide bonds. The molecular formula is C16H30N4O3. The molecule has 2 fully saturated rings. The summed E-state index contributed by atoms with van der Waals surface area (Å²) in [6.07, 6.45) is 1.76. The van der Waals surface area contributed by atoms with Crippen LogP contribution in [0.1, 0.15) is 26.7 Å². The summed E-state index contributed by atoms with van der Waals surface area (Å²) in [5.41, 5.74) is -0.669. The summed E-state index contributed by atoms with van der Waals surface area (Å²) in [5.74, 6) is -0.0155. The summed E-state index contributed by atoms with van der Waals surface area (Å²) in [4.78, 5) is 29.0. The van der Waals surface area contributed by atoms with E-state index in [2.05, 4.69) is 15.5 Å². The molecule has 2 heterocycles. The molecule has 0 aromatic carbocycles. The highest BCUT2D eigenvalue weighted by Crippen LogP contribution is 2.27. The first-order chi connectivity index (χ1) is 11.0. The van der Waals surface area contributed by atoms with Crippen LogP contribution in [0.3, 0.4) is 0 Å². The molecule has 2 N–H and O–H groups in total. The number of carbonyl (C=O) groups is 2. The Morgan fingerprint density at radius 2 is 1.91 bits per heavy atom. The highest BCUT2D eigenvalue weighted by molar-refractivity contribution is 5.87. The normalized spacial score (nSPS) is 23.7. The van der Waals surface area contributed by atoms with Gasteiger partial charge in [0, 0.05) is 39.8 Å². The molecule has 2 rings (SSSR count). The van der Waals surface area contributed by atoms with Crippen molar-refractivity contribution < 1.29 is 14.3 Å². The van der Waals surface area contributed by atoms with Gasteiger partial charge >= 0.3 is 0 Å². The van der Waals surface area contributed by atoms with Crippen LogP contribution in [-0.4, -0.2) is 86.2 Å². The lowest BCUT2D eigenvalue weighted by Gasteiger charge is -2.37. The zero-order chi connectivity index (χ0) is 16.9. The molecule has 0 aliphatic carbocycles. The summed E-state index contributed by atoms with van der Waals surface area (Å²) >= 11 is 0. The second-order valence-electron chi connectivity index (χ2n) is 6.73. The molecule has 0 radical (unpaired) electrons. The quantitative estimate of drug-likeness (QED) is 0.683. The van der Waals surface area contributed by atoms with Crippen LogP contribution in [0, 0.1) is 0 Å².